The summed E-state index contributed by atoms with van der Waals surface area (Å²) in [6, 6.07) is 2.37. The van der Waals surface area contributed by atoms with E-state index >= 15 is 0 Å². The molecule has 1 rings (SSSR count). The molecule has 0 heterocycles. The molecule has 110 valence electrons. The van der Waals surface area contributed by atoms with Crippen molar-refractivity contribution < 1.29 is 5.11 Å². The number of hydrogen-bond acceptors (Lipinski definition) is 2. The van der Waals surface area contributed by atoms with Gasteiger partial charge in [-0.1, -0.05) is 46.5 Å². The smallest absolute Gasteiger partial charge is 0.0656 e. The lowest BCUT2D eigenvalue weighted by Gasteiger charge is -2.31. The molecule has 1 N–H and O–H groups in total. The minimum Gasteiger partial charge on any atom is -0.393 e. The molecule has 0 amide bonds. The van der Waals surface area contributed by atoms with Crippen LogP contribution in [0.1, 0.15) is 78.6 Å². The SMILES string of the molecule is CC(C)(C)[C@@H]1CCCCC(O)CC(C#N)CCCC1. The van der Waals surface area contributed by atoms with Gasteiger partial charge in [0.1, 0.15) is 0 Å². The molecule has 0 aromatic heterocycles. The van der Waals surface area contributed by atoms with Crippen molar-refractivity contribution in [3.05, 3.63) is 0 Å². The van der Waals surface area contributed by atoms with Gasteiger partial charge in [0.15, 0.2) is 0 Å². The van der Waals surface area contributed by atoms with Crippen LogP contribution in [0.25, 0.3) is 0 Å². The highest BCUT2D eigenvalue weighted by molar-refractivity contribution is 4.85. The first kappa shape index (κ1) is 16.5. The molecule has 1 fully saturated rings. The molecule has 0 aliphatic heterocycles. The highest BCUT2D eigenvalue weighted by Gasteiger charge is 2.24. The third-order valence-corrected chi connectivity index (χ3v) is 4.66. The Morgan fingerprint density at radius 1 is 0.947 bits per heavy atom. The topological polar surface area (TPSA) is 44.0 Å². The van der Waals surface area contributed by atoms with E-state index in [0.717, 1.165) is 31.6 Å². The van der Waals surface area contributed by atoms with Gasteiger partial charge in [0, 0.05) is 5.92 Å². The van der Waals surface area contributed by atoms with Crippen LogP contribution in [0.15, 0.2) is 0 Å². The van der Waals surface area contributed by atoms with Crippen LogP contribution in [-0.2, 0) is 0 Å². The lowest BCUT2D eigenvalue weighted by molar-refractivity contribution is 0.130. The normalized spacial score (nSPS) is 31.8. The molecular weight excluding hydrogens is 234 g/mol. The summed E-state index contributed by atoms with van der Waals surface area (Å²) in [6.07, 6.45) is 9.52. The zero-order chi connectivity index (χ0) is 14.3. The predicted molar refractivity (Wildman–Crippen MR) is 79.6 cm³/mol. The van der Waals surface area contributed by atoms with Gasteiger partial charge in [-0.05, 0) is 43.4 Å². The molecule has 0 saturated heterocycles. The van der Waals surface area contributed by atoms with Crippen LogP contribution in [-0.4, -0.2) is 11.2 Å². The van der Waals surface area contributed by atoms with E-state index in [-0.39, 0.29) is 12.0 Å². The number of rotatable bonds is 0. The van der Waals surface area contributed by atoms with E-state index in [9.17, 15) is 5.11 Å². The van der Waals surface area contributed by atoms with Crippen molar-refractivity contribution in [3.63, 3.8) is 0 Å². The Balaban J connectivity index is 2.55. The minimum atomic E-state index is -0.267. The number of nitriles is 1. The number of aliphatic hydroxyl groups is 1. The number of hydrogen-bond donors (Lipinski definition) is 1. The fourth-order valence-electron chi connectivity index (χ4n) is 3.24. The van der Waals surface area contributed by atoms with Gasteiger partial charge in [-0.3, -0.25) is 0 Å². The molecule has 0 spiro atoms. The third-order valence-electron chi connectivity index (χ3n) is 4.66. The largest absolute Gasteiger partial charge is 0.393 e. The van der Waals surface area contributed by atoms with Crippen molar-refractivity contribution in [1.29, 1.82) is 5.26 Å². The van der Waals surface area contributed by atoms with E-state index in [2.05, 4.69) is 26.8 Å². The molecule has 2 heteroatoms. The molecule has 0 radical (unpaired) electrons. The van der Waals surface area contributed by atoms with Crippen LogP contribution >= 0.6 is 0 Å². The molecule has 0 bridgehead atoms. The minimum absolute atomic E-state index is 0.0579. The first-order chi connectivity index (χ1) is 8.93. The Bertz CT molecular complexity index is 287. The molecule has 2 unspecified atom stereocenters. The summed E-state index contributed by atoms with van der Waals surface area (Å²) in [7, 11) is 0. The molecule has 1 aliphatic rings. The van der Waals surface area contributed by atoms with Gasteiger partial charge in [-0.2, -0.15) is 5.26 Å². The summed E-state index contributed by atoms with van der Waals surface area (Å²) in [5, 5.41) is 19.1. The van der Waals surface area contributed by atoms with Gasteiger partial charge in [0.05, 0.1) is 12.2 Å². The second-order valence-electron chi connectivity index (χ2n) is 7.35. The molecule has 1 saturated carbocycles. The third kappa shape index (κ3) is 6.43. The van der Waals surface area contributed by atoms with E-state index in [0.29, 0.717) is 11.8 Å². The molecule has 0 aromatic rings. The maximum Gasteiger partial charge on any atom is 0.0656 e. The lowest BCUT2D eigenvalue weighted by atomic mass is 9.74. The maximum absolute atomic E-state index is 9.97. The molecule has 2 nitrogen and oxygen atoms in total. The molecule has 0 aromatic carbocycles. The first-order valence-electron chi connectivity index (χ1n) is 8.01. The zero-order valence-corrected chi connectivity index (χ0v) is 13.0. The number of aliphatic hydroxyl groups excluding tert-OH is 1. The molecular formula is C17H31NO. The van der Waals surface area contributed by atoms with E-state index in [1.54, 1.807) is 0 Å². The molecule has 19 heavy (non-hydrogen) atoms. The average molecular weight is 265 g/mol. The van der Waals surface area contributed by atoms with E-state index in [1.165, 1.54) is 25.7 Å². The highest BCUT2D eigenvalue weighted by atomic mass is 16.3. The van der Waals surface area contributed by atoms with Crippen LogP contribution in [0, 0.1) is 28.6 Å². The summed E-state index contributed by atoms with van der Waals surface area (Å²) in [4.78, 5) is 0. The standard InChI is InChI=1S/C17H31NO/c1-17(2,3)15-9-5-4-8-14(13-18)12-16(19)11-7-6-10-15/h14-16,19H,4-12H2,1-3H3/t14?,15-,16?/m0/s1. The van der Waals surface area contributed by atoms with Crippen molar-refractivity contribution in [1.82, 2.24) is 0 Å². The van der Waals surface area contributed by atoms with Crippen molar-refractivity contribution in [2.75, 3.05) is 0 Å². The van der Waals surface area contributed by atoms with Gasteiger partial charge in [0.2, 0.25) is 0 Å². The molecule has 1 aliphatic carbocycles. The Morgan fingerprint density at radius 2 is 1.47 bits per heavy atom. The maximum atomic E-state index is 9.97. The van der Waals surface area contributed by atoms with Gasteiger partial charge in [-0.25, -0.2) is 0 Å². The van der Waals surface area contributed by atoms with Gasteiger partial charge in [-0.15, -0.1) is 0 Å². The summed E-state index contributed by atoms with van der Waals surface area (Å²) in [5.74, 6) is 0.840. The van der Waals surface area contributed by atoms with Crippen LogP contribution in [0.5, 0.6) is 0 Å². The van der Waals surface area contributed by atoms with Crippen LogP contribution in [0.2, 0.25) is 0 Å². The summed E-state index contributed by atoms with van der Waals surface area (Å²) >= 11 is 0. The Kier molecular flexibility index (Phi) is 6.86. The second kappa shape index (κ2) is 7.90. The Labute approximate surface area is 119 Å². The van der Waals surface area contributed by atoms with E-state index in [4.69, 9.17) is 5.26 Å². The lowest BCUT2D eigenvalue weighted by Crippen LogP contribution is -2.21. The van der Waals surface area contributed by atoms with Crippen molar-refractivity contribution in [2.24, 2.45) is 17.3 Å². The van der Waals surface area contributed by atoms with Gasteiger partial charge < -0.3 is 5.11 Å². The van der Waals surface area contributed by atoms with E-state index < -0.39 is 0 Å². The first-order valence-corrected chi connectivity index (χ1v) is 8.01. The Morgan fingerprint density at radius 3 is 2.00 bits per heavy atom. The van der Waals surface area contributed by atoms with Gasteiger partial charge in [0.25, 0.3) is 0 Å². The quantitative estimate of drug-likeness (QED) is 0.691. The highest BCUT2D eigenvalue weighted by Crippen LogP contribution is 2.35. The zero-order valence-electron chi connectivity index (χ0n) is 13.0. The van der Waals surface area contributed by atoms with Crippen molar-refractivity contribution in [2.45, 2.75) is 84.7 Å². The Hall–Kier alpha value is -0.550. The average Bonchev–Trinajstić information content (AvgIpc) is 2.31. The van der Waals surface area contributed by atoms with Crippen molar-refractivity contribution >= 4 is 0 Å². The summed E-state index contributed by atoms with van der Waals surface area (Å²) < 4.78 is 0. The molecule has 3 atom stereocenters. The monoisotopic (exact) mass is 265 g/mol. The second-order valence-corrected chi connectivity index (χ2v) is 7.35. The fourth-order valence-corrected chi connectivity index (χ4v) is 3.24. The van der Waals surface area contributed by atoms with Crippen LogP contribution < -0.4 is 0 Å². The van der Waals surface area contributed by atoms with E-state index in [1.807, 2.05) is 0 Å². The number of nitrogens with zero attached hydrogens (tertiary/aromatic N) is 1. The van der Waals surface area contributed by atoms with Gasteiger partial charge >= 0.3 is 0 Å². The fraction of sp³-hybridized carbons (Fsp3) is 0.941. The summed E-state index contributed by atoms with van der Waals surface area (Å²) in [6.45, 7) is 7.03. The van der Waals surface area contributed by atoms with Crippen LogP contribution in [0.4, 0.5) is 0 Å². The van der Waals surface area contributed by atoms with Crippen molar-refractivity contribution in [3.8, 4) is 6.07 Å². The predicted octanol–water partition coefficient (Wildman–Crippen LogP) is 4.67. The van der Waals surface area contributed by atoms with Crippen LogP contribution in [0.3, 0.4) is 0 Å². The summed E-state index contributed by atoms with van der Waals surface area (Å²) in [5.41, 5.74) is 0.386.